The van der Waals surface area contributed by atoms with Crippen LogP contribution in [0.4, 0.5) is 5.69 Å². The van der Waals surface area contributed by atoms with Crippen molar-refractivity contribution in [3.63, 3.8) is 0 Å². The molecule has 0 spiro atoms. The van der Waals surface area contributed by atoms with Gasteiger partial charge >= 0.3 is 0 Å². The number of rotatable bonds is 8. The van der Waals surface area contributed by atoms with E-state index in [9.17, 15) is 0 Å². The van der Waals surface area contributed by atoms with Crippen LogP contribution in [0.1, 0.15) is 5.56 Å². The second kappa shape index (κ2) is 8.51. The Morgan fingerprint density at radius 1 is 1.05 bits per heavy atom. The third kappa shape index (κ3) is 4.55. The Balaban J connectivity index is 2.06. The van der Waals surface area contributed by atoms with Crippen molar-refractivity contribution >= 4 is 17.3 Å². The van der Waals surface area contributed by atoms with Gasteiger partial charge in [0.25, 0.3) is 0 Å². The van der Waals surface area contributed by atoms with Gasteiger partial charge in [-0.3, -0.25) is 0 Å². The average Bonchev–Trinajstić information content (AvgIpc) is 2.55. The normalized spacial score (nSPS) is 10.3. The van der Waals surface area contributed by atoms with Gasteiger partial charge in [-0.2, -0.15) is 0 Å². The molecule has 2 aromatic rings. The van der Waals surface area contributed by atoms with Gasteiger partial charge in [-0.1, -0.05) is 29.8 Å². The highest BCUT2D eigenvalue weighted by molar-refractivity contribution is 6.32. The largest absolute Gasteiger partial charge is 0.497 e. The maximum Gasteiger partial charge on any atom is 0.161 e. The molecule has 118 valence electrons. The molecule has 5 heteroatoms. The lowest BCUT2D eigenvalue weighted by Crippen LogP contribution is -2.07. The van der Waals surface area contributed by atoms with E-state index in [1.54, 1.807) is 20.3 Å². The smallest absolute Gasteiger partial charge is 0.161 e. The molecule has 2 aromatic carbocycles. The van der Waals surface area contributed by atoms with Crippen molar-refractivity contribution < 1.29 is 14.2 Å². The molecular weight excluding hydrogens is 302 g/mol. The summed E-state index contributed by atoms with van der Waals surface area (Å²) in [6.45, 7) is 1.62. The van der Waals surface area contributed by atoms with Crippen molar-refractivity contribution in [3.8, 4) is 11.5 Å². The van der Waals surface area contributed by atoms with Crippen molar-refractivity contribution in [1.82, 2.24) is 0 Å². The second-order valence-corrected chi connectivity index (χ2v) is 5.07. The molecule has 0 amide bonds. The zero-order valence-electron chi connectivity index (χ0n) is 12.8. The van der Waals surface area contributed by atoms with Crippen LogP contribution in [-0.4, -0.2) is 27.4 Å². The van der Waals surface area contributed by atoms with Crippen LogP contribution in [0.3, 0.4) is 0 Å². The van der Waals surface area contributed by atoms with Crippen LogP contribution in [0.2, 0.25) is 5.02 Å². The number of ether oxygens (including phenoxy) is 3. The van der Waals surface area contributed by atoms with Crippen LogP contribution in [-0.2, 0) is 11.3 Å². The van der Waals surface area contributed by atoms with Crippen molar-refractivity contribution in [2.24, 2.45) is 0 Å². The van der Waals surface area contributed by atoms with Crippen LogP contribution in [0.15, 0.2) is 42.5 Å². The van der Waals surface area contributed by atoms with Crippen molar-refractivity contribution in [3.05, 3.63) is 53.1 Å². The molecule has 4 nitrogen and oxygen atoms in total. The SMILES string of the molecule is COCCOc1c(Cl)cccc1NCc1cccc(OC)c1. The summed E-state index contributed by atoms with van der Waals surface area (Å²) in [7, 11) is 3.29. The average molecular weight is 322 g/mol. The number of benzene rings is 2. The molecule has 0 heterocycles. The molecule has 0 aliphatic rings. The van der Waals surface area contributed by atoms with Gasteiger partial charge in [0.1, 0.15) is 12.4 Å². The number of nitrogens with one attached hydrogen (secondary N) is 1. The number of para-hydroxylation sites is 1. The Hall–Kier alpha value is -1.91. The van der Waals surface area contributed by atoms with E-state index in [1.165, 1.54) is 0 Å². The zero-order valence-corrected chi connectivity index (χ0v) is 13.5. The fourth-order valence-electron chi connectivity index (χ4n) is 2.00. The maximum atomic E-state index is 6.21. The molecule has 0 radical (unpaired) electrons. The van der Waals surface area contributed by atoms with E-state index >= 15 is 0 Å². The molecule has 0 unspecified atom stereocenters. The van der Waals surface area contributed by atoms with E-state index in [0.29, 0.717) is 30.5 Å². The molecule has 0 aromatic heterocycles. The topological polar surface area (TPSA) is 39.7 Å². The predicted octanol–water partition coefficient (Wildman–Crippen LogP) is 3.99. The Bertz CT molecular complexity index is 604. The van der Waals surface area contributed by atoms with Crippen LogP contribution in [0.5, 0.6) is 11.5 Å². The minimum Gasteiger partial charge on any atom is -0.497 e. The van der Waals surface area contributed by atoms with E-state index in [-0.39, 0.29) is 0 Å². The number of hydrogen-bond acceptors (Lipinski definition) is 4. The molecular formula is C17H20ClNO3. The molecule has 0 atom stereocenters. The first-order chi connectivity index (χ1) is 10.7. The molecule has 0 fully saturated rings. The highest BCUT2D eigenvalue weighted by Gasteiger charge is 2.08. The molecule has 22 heavy (non-hydrogen) atoms. The Morgan fingerprint density at radius 2 is 1.86 bits per heavy atom. The van der Waals surface area contributed by atoms with Crippen LogP contribution in [0, 0.1) is 0 Å². The molecule has 0 aliphatic heterocycles. The van der Waals surface area contributed by atoms with Crippen LogP contribution in [0.25, 0.3) is 0 Å². The summed E-state index contributed by atoms with van der Waals surface area (Å²) in [5, 5.41) is 3.92. The Kier molecular flexibility index (Phi) is 6.37. The molecule has 0 saturated heterocycles. The molecule has 2 rings (SSSR count). The maximum absolute atomic E-state index is 6.21. The van der Waals surface area contributed by atoms with E-state index in [4.69, 9.17) is 25.8 Å². The number of halogens is 1. The number of methoxy groups -OCH3 is 2. The van der Waals surface area contributed by atoms with E-state index < -0.39 is 0 Å². The van der Waals surface area contributed by atoms with E-state index in [0.717, 1.165) is 17.0 Å². The molecule has 0 saturated carbocycles. The summed E-state index contributed by atoms with van der Waals surface area (Å²) in [4.78, 5) is 0. The first-order valence-corrected chi connectivity index (χ1v) is 7.39. The lowest BCUT2D eigenvalue weighted by molar-refractivity contribution is 0.146. The van der Waals surface area contributed by atoms with E-state index in [1.807, 2.05) is 36.4 Å². The van der Waals surface area contributed by atoms with E-state index in [2.05, 4.69) is 5.32 Å². The first-order valence-electron chi connectivity index (χ1n) is 7.01. The fourth-order valence-corrected chi connectivity index (χ4v) is 2.23. The fraction of sp³-hybridized carbons (Fsp3) is 0.294. The predicted molar refractivity (Wildman–Crippen MR) is 89.1 cm³/mol. The van der Waals surface area contributed by atoms with Crippen molar-refractivity contribution in [1.29, 1.82) is 0 Å². The van der Waals surface area contributed by atoms with Gasteiger partial charge in [0.15, 0.2) is 5.75 Å². The standard InChI is InChI=1S/C17H20ClNO3/c1-20-9-10-22-17-15(18)7-4-8-16(17)19-12-13-5-3-6-14(11-13)21-2/h3-8,11,19H,9-10,12H2,1-2H3. The Labute approximate surface area is 136 Å². The molecule has 0 aliphatic carbocycles. The first kappa shape index (κ1) is 16.5. The van der Waals surface area contributed by atoms with Gasteiger partial charge in [0, 0.05) is 13.7 Å². The summed E-state index contributed by atoms with van der Waals surface area (Å²) in [6, 6.07) is 13.5. The van der Waals surface area contributed by atoms with Gasteiger partial charge < -0.3 is 19.5 Å². The minimum atomic E-state index is 0.452. The summed E-state index contributed by atoms with van der Waals surface area (Å²) >= 11 is 6.21. The van der Waals surface area contributed by atoms with Crippen LogP contribution >= 0.6 is 11.6 Å². The number of anilines is 1. The highest BCUT2D eigenvalue weighted by atomic mass is 35.5. The van der Waals surface area contributed by atoms with Gasteiger partial charge in [0.2, 0.25) is 0 Å². The van der Waals surface area contributed by atoms with Gasteiger partial charge in [-0.15, -0.1) is 0 Å². The summed E-state index contributed by atoms with van der Waals surface area (Å²) in [5.41, 5.74) is 1.97. The summed E-state index contributed by atoms with van der Waals surface area (Å²) in [5.74, 6) is 1.48. The zero-order chi connectivity index (χ0) is 15.8. The number of hydrogen-bond donors (Lipinski definition) is 1. The third-order valence-electron chi connectivity index (χ3n) is 3.12. The third-order valence-corrected chi connectivity index (χ3v) is 3.42. The lowest BCUT2D eigenvalue weighted by Gasteiger charge is -2.15. The van der Waals surface area contributed by atoms with Gasteiger partial charge in [-0.25, -0.2) is 0 Å². The van der Waals surface area contributed by atoms with Gasteiger partial charge in [-0.05, 0) is 29.8 Å². The Morgan fingerprint density at radius 3 is 2.64 bits per heavy atom. The van der Waals surface area contributed by atoms with Crippen LogP contribution < -0.4 is 14.8 Å². The molecule has 1 N–H and O–H groups in total. The lowest BCUT2D eigenvalue weighted by atomic mass is 10.2. The minimum absolute atomic E-state index is 0.452. The molecule has 0 bridgehead atoms. The second-order valence-electron chi connectivity index (χ2n) is 4.66. The monoisotopic (exact) mass is 321 g/mol. The highest BCUT2D eigenvalue weighted by Crippen LogP contribution is 2.33. The van der Waals surface area contributed by atoms with Gasteiger partial charge in [0.05, 0.1) is 24.4 Å². The summed E-state index contributed by atoms with van der Waals surface area (Å²) in [6.07, 6.45) is 0. The summed E-state index contributed by atoms with van der Waals surface area (Å²) < 4.78 is 15.9. The van der Waals surface area contributed by atoms with Crippen molar-refractivity contribution in [2.75, 3.05) is 32.8 Å². The van der Waals surface area contributed by atoms with Crippen molar-refractivity contribution in [2.45, 2.75) is 6.54 Å². The quantitative estimate of drug-likeness (QED) is 0.746.